The van der Waals surface area contributed by atoms with Crippen LogP contribution in [0.15, 0.2) is 48.5 Å². The van der Waals surface area contributed by atoms with E-state index in [2.05, 4.69) is 15.1 Å². The minimum Gasteiger partial charge on any atom is -0.491 e. The van der Waals surface area contributed by atoms with Gasteiger partial charge in [-0.05, 0) is 61.5 Å². The van der Waals surface area contributed by atoms with Crippen LogP contribution >= 0.6 is 11.6 Å². The number of primary amides is 1. The molecular formula is C21H27ClN4O3. The SMILES string of the molecule is NC(=O)Nc1ccc(OCC(O)CN2CCCN(c3ccc(Cl)cc3)CC2)cc1. The summed E-state index contributed by atoms with van der Waals surface area (Å²) in [5, 5.41) is 13.6. The number of ether oxygens (including phenoxy) is 1. The molecule has 2 amide bonds. The van der Waals surface area contributed by atoms with E-state index < -0.39 is 12.1 Å². The maximum Gasteiger partial charge on any atom is 0.316 e. The van der Waals surface area contributed by atoms with Crippen molar-refractivity contribution in [2.45, 2.75) is 12.5 Å². The Balaban J connectivity index is 1.42. The number of hydrogen-bond acceptors (Lipinski definition) is 5. The number of aliphatic hydroxyl groups excluding tert-OH is 1. The van der Waals surface area contributed by atoms with Crippen molar-refractivity contribution in [2.75, 3.05) is 49.5 Å². The lowest BCUT2D eigenvalue weighted by molar-refractivity contribution is 0.0705. The zero-order valence-corrected chi connectivity index (χ0v) is 17.0. The van der Waals surface area contributed by atoms with E-state index in [1.807, 2.05) is 24.3 Å². The highest BCUT2D eigenvalue weighted by molar-refractivity contribution is 6.30. The van der Waals surface area contributed by atoms with E-state index in [0.29, 0.717) is 18.0 Å². The lowest BCUT2D eigenvalue weighted by Crippen LogP contribution is -2.38. The van der Waals surface area contributed by atoms with Crippen LogP contribution in [0.25, 0.3) is 0 Å². The molecule has 2 aromatic rings. The first-order chi connectivity index (χ1) is 14.0. The van der Waals surface area contributed by atoms with E-state index in [4.69, 9.17) is 22.1 Å². The standard InChI is InChI=1S/C21H27ClN4O3/c22-16-2-6-18(7-3-16)26-11-1-10-25(12-13-26)14-19(27)15-29-20-8-4-17(5-9-20)24-21(23)28/h2-9,19,27H,1,10-15H2,(H3,23,24,28). The first-order valence-electron chi connectivity index (χ1n) is 9.70. The third-order valence-electron chi connectivity index (χ3n) is 4.81. The summed E-state index contributed by atoms with van der Waals surface area (Å²) < 4.78 is 5.66. The van der Waals surface area contributed by atoms with Crippen molar-refractivity contribution in [3.63, 3.8) is 0 Å². The van der Waals surface area contributed by atoms with Crippen LogP contribution in [0.2, 0.25) is 5.02 Å². The molecule has 8 heteroatoms. The molecule has 29 heavy (non-hydrogen) atoms. The topological polar surface area (TPSA) is 91.1 Å². The third-order valence-corrected chi connectivity index (χ3v) is 5.07. The zero-order valence-electron chi connectivity index (χ0n) is 16.3. The van der Waals surface area contributed by atoms with Crippen LogP contribution in [0.1, 0.15) is 6.42 Å². The van der Waals surface area contributed by atoms with Crippen LogP contribution in [0.3, 0.4) is 0 Å². The number of carbonyl (C=O) groups is 1. The van der Waals surface area contributed by atoms with Gasteiger partial charge in [-0.3, -0.25) is 4.90 Å². The van der Waals surface area contributed by atoms with Crippen molar-refractivity contribution in [3.05, 3.63) is 53.6 Å². The van der Waals surface area contributed by atoms with Crippen LogP contribution in [0, 0.1) is 0 Å². The molecule has 1 saturated heterocycles. The smallest absolute Gasteiger partial charge is 0.316 e. The second-order valence-corrected chi connectivity index (χ2v) is 7.53. The Bertz CT molecular complexity index is 786. The highest BCUT2D eigenvalue weighted by Gasteiger charge is 2.18. The Kier molecular flexibility index (Phi) is 7.57. The summed E-state index contributed by atoms with van der Waals surface area (Å²) in [7, 11) is 0. The number of urea groups is 1. The Morgan fingerprint density at radius 1 is 1.10 bits per heavy atom. The number of aliphatic hydroxyl groups is 1. The number of anilines is 2. The van der Waals surface area contributed by atoms with Gasteiger partial charge in [-0.1, -0.05) is 11.6 Å². The molecule has 1 aliphatic rings. The Labute approximate surface area is 176 Å². The van der Waals surface area contributed by atoms with Crippen molar-refractivity contribution >= 4 is 29.0 Å². The number of rotatable bonds is 7. The maximum absolute atomic E-state index is 10.8. The second kappa shape index (κ2) is 10.3. The molecule has 0 saturated carbocycles. The summed E-state index contributed by atoms with van der Waals surface area (Å²) in [4.78, 5) is 15.4. The molecule has 0 spiro atoms. The van der Waals surface area contributed by atoms with E-state index in [1.165, 1.54) is 5.69 Å². The number of carbonyl (C=O) groups excluding carboxylic acids is 1. The van der Waals surface area contributed by atoms with Gasteiger partial charge in [-0.25, -0.2) is 4.79 Å². The molecule has 156 valence electrons. The molecular weight excluding hydrogens is 392 g/mol. The van der Waals surface area contributed by atoms with E-state index in [9.17, 15) is 9.90 Å². The number of nitrogens with two attached hydrogens (primary N) is 1. The van der Waals surface area contributed by atoms with Gasteiger partial charge in [0.05, 0.1) is 0 Å². The molecule has 1 aliphatic heterocycles. The van der Waals surface area contributed by atoms with Gasteiger partial charge in [0, 0.05) is 42.6 Å². The van der Waals surface area contributed by atoms with Gasteiger partial charge >= 0.3 is 6.03 Å². The van der Waals surface area contributed by atoms with Gasteiger partial charge in [-0.2, -0.15) is 0 Å². The number of nitrogens with one attached hydrogen (secondary N) is 1. The quantitative estimate of drug-likeness (QED) is 0.643. The van der Waals surface area contributed by atoms with E-state index in [0.717, 1.165) is 37.6 Å². The van der Waals surface area contributed by atoms with E-state index in [1.54, 1.807) is 24.3 Å². The molecule has 4 N–H and O–H groups in total. The average molecular weight is 419 g/mol. The van der Waals surface area contributed by atoms with Gasteiger partial charge in [0.25, 0.3) is 0 Å². The first-order valence-corrected chi connectivity index (χ1v) is 10.1. The van der Waals surface area contributed by atoms with Crippen molar-refractivity contribution in [1.82, 2.24) is 4.90 Å². The van der Waals surface area contributed by atoms with Crippen LogP contribution in [0.4, 0.5) is 16.2 Å². The molecule has 2 aromatic carbocycles. The predicted molar refractivity (Wildman–Crippen MR) is 116 cm³/mol. The fourth-order valence-electron chi connectivity index (χ4n) is 3.38. The summed E-state index contributed by atoms with van der Waals surface area (Å²) in [6.45, 7) is 4.48. The molecule has 7 nitrogen and oxygen atoms in total. The number of hydrogen-bond donors (Lipinski definition) is 3. The molecule has 1 atom stereocenters. The Morgan fingerprint density at radius 3 is 2.52 bits per heavy atom. The number of benzene rings is 2. The predicted octanol–water partition coefficient (Wildman–Crippen LogP) is 2.78. The van der Waals surface area contributed by atoms with Gasteiger partial charge < -0.3 is 25.8 Å². The zero-order chi connectivity index (χ0) is 20.6. The first kappa shape index (κ1) is 21.2. The monoisotopic (exact) mass is 418 g/mol. The van der Waals surface area contributed by atoms with Gasteiger partial charge in [-0.15, -0.1) is 0 Å². The van der Waals surface area contributed by atoms with Gasteiger partial charge in [0.1, 0.15) is 18.5 Å². The summed E-state index contributed by atoms with van der Waals surface area (Å²) in [5.74, 6) is 0.629. The van der Waals surface area contributed by atoms with Crippen LogP contribution in [0.5, 0.6) is 5.75 Å². The molecule has 1 heterocycles. The lowest BCUT2D eigenvalue weighted by Gasteiger charge is -2.25. The van der Waals surface area contributed by atoms with Crippen LogP contribution in [-0.4, -0.2) is 61.5 Å². The highest BCUT2D eigenvalue weighted by Crippen LogP contribution is 2.20. The van der Waals surface area contributed by atoms with Crippen LogP contribution in [-0.2, 0) is 0 Å². The van der Waals surface area contributed by atoms with Crippen molar-refractivity contribution in [1.29, 1.82) is 0 Å². The van der Waals surface area contributed by atoms with Crippen molar-refractivity contribution < 1.29 is 14.6 Å². The number of amides is 2. The van der Waals surface area contributed by atoms with Gasteiger partial charge in [0.2, 0.25) is 0 Å². The Hall–Kier alpha value is -2.48. The fraction of sp³-hybridized carbons (Fsp3) is 0.381. The maximum atomic E-state index is 10.8. The van der Waals surface area contributed by atoms with Crippen molar-refractivity contribution in [3.8, 4) is 5.75 Å². The fourth-order valence-corrected chi connectivity index (χ4v) is 3.51. The number of nitrogens with zero attached hydrogens (tertiary/aromatic N) is 2. The van der Waals surface area contributed by atoms with Gasteiger partial charge in [0.15, 0.2) is 0 Å². The molecule has 0 bridgehead atoms. The van der Waals surface area contributed by atoms with E-state index >= 15 is 0 Å². The summed E-state index contributed by atoms with van der Waals surface area (Å²) >= 11 is 5.98. The highest BCUT2D eigenvalue weighted by atomic mass is 35.5. The van der Waals surface area contributed by atoms with Crippen molar-refractivity contribution in [2.24, 2.45) is 5.73 Å². The summed E-state index contributed by atoms with van der Waals surface area (Å²) in [6.07, 6.45) is 0.449. The summed E-state index contributed by atoms with van der Waals surface area (Å²) in [6, 6.07) is 14.2. The Morgan fingerprint density at radius 2 is 1.83 bits per heavy atom. The molecule has 0 aromatic heterocycles. The minimum atomic E-state index is -0.610. The third kappa shape index (κ3) is 6.81. The second-order valence-electron chi connectivity index (χ2n) is 7.10. The normalized spacial score (nSPS) is 16.1. The summed E-state index contributed by atoms with van der Waals surface area (Å²) in [5.41, 5.74) is 6.85. The molecule has 0 aliphatic carbocycles. The minimum absolute atomic E-state index is 0.208. The van der Waals surface area contributed by atoms with Crippen LogP contribution < -0.4 is 20.7 Å². The number of β-amino-alcohol motifs (C(OH)–C–C–N with tert-alkyl or cyclic N) is 1. The average Bonchev–Trinajstić information content (AvgIpc) is 2.93. The lowest BCUT2D eigenvalue weighted by atomic mass is 10.2. The largest absolute Gasteiger partial charge is 0.491 e. The molecule has 0 radical (unpaired) electrons. The number of halogens is 1. The molecule has 3 rings (SSSR count). The molecule has 1 unspecified atom stereocenters. The molecule has 1 fully saturated rings. The van der Waals surface area contributed by atoms with E-state index in [-0.39, 0.29) is 6.61 Å².